The van der Waals surface area contributed by atoms with Crippen LogP contribution in [0.4, 0.5) is 0 Å². The average molecular weight is 295 g/mol. The number of fused-ring (bicyclic) bond motifs is 3. The predicted molar refractivity (Wildman–Crippen MR) is 82.1 cm³/mol. The van der Waals surface area contributed by atoms with Gasteiger partial charge in [0.2, 0.25) is 0 Å². The first-order valence-corrected chi connectivity index (χ1v) is 6.82. The normalized spacial score (nSPS) is 19.1. The number of hydrogen-bond donors (Lipinski definition) is 3. The van der Waals surface area contributed by atoms with Crippen LogP contribution in [0.2, 0.25) is 0 Å². The molecule has 2 aliphatic carbocycles. The second-order valence-electron chi connectivity index (χ2n) is 5.28. The van der Waals surface area contributed by atoms with Crippen LogP contribution in [0.25, 0.3) is 16.3 Å². The SMILES string of the molecule is COc1c(O)cc2ccnc3c2c1C1C3=CC=CC(O)=C1O. The van der Waals surface area contributed by atoms with Gasteiger partial charge in [-0.25, -0.2) is 0 Å². The molecule has 1 aromatic carbocycles. The number of ether oxygens (including phenoxy) is 1. The topological polar surface area (TPSA) is 82.8 Å². The highest BCUT2D eigenvalue weighted by Crippen LogP contribution is 2.55. The van der Waals surface area contributed by atoms with Gasteiger partial charge in [0.15, 0.2) is 17.3 Å². The summed E-state index contributed by atoms with van der Waals surface area (Å²) in [6.45, 7) is 0. The number of nitrogens with zero attached hydrogens (tertiary/aromatic N) is 1. The number of aromatic hydroxyl groups is 1. The molecule has 1 heterocycles. The first-order valence-electron chi connectivity index (χ1n) is 6.82. The van der Waals surface area contributed by atoms with E-state index in [2.05, 4.69) is 4.98 Å². The lowest BCUT2D eigenvalue weighted by Crippen LogP contribution is -2.04. The minimum atomic E-state index is -0.607. The van der Waals surface area contributed by atoms with Gasteiger partial charge in [0, 0.05) is 17.1 Å². The molecule has 0 bridgehead atoms. The van der Waals surface area contributed by atoms with Gasteiger partial charge in [-0.2, -0.15) is 0 Å². The Balaban J connectivity index is 2.19. The summed E-state index contributed by atoms with van der Waals surface area (Å²) >= 11 is 0. The van der Waals surface area contributed by atoms with Gasteiger partial charge in [-0.1, -0.05) is 12.2 Å². The second-order valence-corrected chi connectivity index (χ2v) is 5.28. The molecule has 4 rings (SSSR count). The molecule has 5 heteroatoms. The van der Waals surface area contributed by atoms with Crippen molar-refractivity contribution in [3.8, 4) is 11.5 Å². The quantitative estimate of drug-likeness (QED) is 0.751. The molecule has 0 saturated carbocycles. The van der Waals surface area contributed by atoms with Crippen molar-refractivity contribution in [3.05, 3.63) is 59.3 Å². The highest BCUT2D eigenvalue weighted by atomic mass is 16.5. The highest BCUT2D eigenvalue weighted by molar-refractivity contribution is 6.05. The summed E-state index contributed by atoms with van der Waals surface area (Å²) in [5, 5.41) is 32.2. The molecule has 0 saturated heterocycles. The van der Waals surface area contributed by atoms with Crippen LogP contribution in [0.3, 0.4) is 0 Å². The Labute approximate surface area is 126 Å². The summed E-state index contributed by atoms with van der Waals surface area (Å²) < 4.78 is 5.34. The van der Waals surface area contributed by atoms with Crippen LogP contribution in [0.5, 0.6) is 11.5 Å². The van der Waals surface area contributed by atoms with Crippen LogP contribution < -0.4 is 4.74 Å². The van der Waals surface area contributed by atoms with E-state index in [1.165, 1.54) is 13.2 Å². The summed E-state index contributed by atoms with van der Waals surface area (Å²) in [4.78, 5) is 4.41. The first kappa shape index (κ1) is 12.8. The van der Waals surface area contributed by atoms with Gasteiger partial charge in [0.05, 0.1) is 18.7 Å². The number of methoxy groups -OCH3 is 1. The third-order valence-electron chi connectivity index (χ3n) is 4.17. The molecule has 1 atom stereocenters. The van der Waals surface area contributed by atoms with E-state index in [9.17, 15) is 15.3 Å². The maximum Gasteiger partial charge on any atom is 0.165 e. The van der Waals surface area contributed by atoms with E-state index in [-0.39, 0.29) is 23.0 Å². The van der Waals surface area contributed by atoms with E-state index in [0.29, 0.717) is 5.56 Å². The van der Waals surface area contributed by atoms with E-state index < -0.39 is 5.92 Å². The number of aliphatic hydroxyl groups is 2. The zero-order chi connectivity index (χ0) is 15.4. The van der Waals surface area contributed by atoms with E-state index in [4.69, 9.17) is 4.74 Å². The van der Waals surface area contributed by atoms with Crippen LogP contribution in [0.15, 0.2) is 48.1 Å². The van der Waals surface area contributed by atoms with Crippen LogP contribution in [0.1, 0.15) is 17.2 Å². The number of rotatable bonds is 1. The molecule has 0 spiro atoms. The van der Waals surface area contributed by atoms with E-state index in [0.717, 1.165) is 22.0 Å². The lowest BCUT2D eigenvalue weighted by atomic mass is 9.93. The van der Waals surface area contributed by atoms with Crippen LogP contribution in [0, 0.1) is 0 Å². The molecular weight excluding hydrogens is 282 g/mol. The molecule has 5 nitrogen and oxygen atoms in total. The lowest BCUT2D eigenvalue weighted by molar-refractivity contribution is 0.319. The van der Waals surface area contributed by atoms with Crippen molar-refractivity contribution in [3.63, 3.8) is 0 Å². The molecule has 2 aromatic rings. The standard InChI is InChI=1S/C17H13NO4/c1-22-17-11(20)7-8-5-6-18-15-9-3-2-4-10(19)16(21)13(9)14(17)12(8)15/h2-7,13,19-21H,1H3. The van der Waals surface area contributed by atoms with Gasteiger partial charge in [-0.15, -0.1) is 0 Å². The number of phenols is 1. The molecule has 0 amide bonds. The van der Waals surface area contributed by atoms with E-state index in [1.807, 2.05) is 6.08 Å². The Kier molecular flexibility index (Phi) is 2.48. The molecule has 1 unspecified atom stereocenters. The lowest BCUT2D eigenvalue weighted by Gasteiger charge is -2.16. The predicted octanol–water partition coefficient (Wildman–Crippen LogP) is 3.33. The number of benzene rings is 1. The van der Waals surface area contributed by atoms with Crippen molar-refractivity contribution < 1.29 is 20.1 Å². The molecule has 2 aliphatic rings. The van der Waals surface area contributed by atoms with Crippen LogP contribution in [-0.4, -0.2) is 27.4 Å². The Bertz CT molecular complexity index is 909. The molecule has 110 valence electrons. The van der Waals surface area contributed by atoms with Gasteiger partial charge in [0.25, 0.3) is 0 Å². The second kappa shape index (κ2) is 4.27. The smallest absolute Gasteiger partial charge is 0.165 e. The van der Waals surface area contributed by atoms with Gasteiger partial charge in [-0.05, 0) is 29.2 Å². The maximum absolute atomic E-state index is 10.4. The van der Waals surface area contributed by atoms with Crippen molar-refractivity contribution in [2.24, 2.45) is 0 Å². The number of aliphatic hydroxyl groups excluding tert-OH is 2. The largest absolute Gasteiger partial charge is 0.507 e. The summed E-state index contributed by atoms with van der Waals surface area (Å²) in [6, 6.07) is 3.41. The minimum absolute atomic E-state index is 0.00658. The highest BCUT2D eigenvalue weighted by Gasteiger charge is 2.38. The van der Waals surface area contributed by atoms with Gasteiger partial charge in [0.1, 0.15) is 5.76 Å². The Morgan fingerprint density at radius 2 is 2.05 bits per heavy atom. The maximum atomic E-state index is 10.4. The molecule has 0 fully saturated rings. The number of allylic oxidation sites excluding steroid dienone is 4. The van der Waals surface area contributed by atoms with Gasteiger partial charge < -0.3 is 20.1 Å². The van der Waals surface area contributed by atoms with Crippen molar-refractivity contribution in [1.82, 2.24) is 4.98 Å². The Hall–Kier alpha value is -2.95. The Morgan fingerprint density at radius 3 is 2.82 bits per heavy atom. The van der Waals surface area contributed by atoms with Gasteiger partial charge >= 0.3 is 0 Å². The summed E-state index contributed by atoms with van der Waals surface area (Å²) in [6.07, 6.45) is 6.56. The van der Waals surface area contributed by atoms with Crippen LogP contribution >= 0.6 is 0 Å². The number of pyridine rings is 1. The van der Waals surface area contributed by atoms with Gasteiger partial charge in [-0.3, -0.25) is 4.98 Å². The number of hydrogen-bond acceptors (Lipinski definition) is 5. The summed E-state index contributed by atoms with van der Waals surface area (Å²) in [7, 11) is 1.46. The fourth-order valence-corrected chi connectivity index (χ4v) is 3.28. The van der Waals surface area contributed by atoms with Crippen molar-refractivity contribution in [1.29, 1.82) is 0 Å². The first-order chi connectivity index (χ1) is 10.6. The summed E-state index contributed by atoms with van der Waals surface area (Å²) in [5.74, 6) is -0.709. The fraction of sp³-hybridized carbons (Fsp3) is 0.118. The van der Waals surface area contributed by atoms with E-state index >= 15 is 0 Å². The third-order valence-corrected chi connectivity index (χ3v) is 4.17. The minimum Gasteiger partial charge on any atom is -0.507 e. The number of aromatic nitrogens is 1. The average Bonchev–Trinajstić information content (AvgIpc) is 2.75. The molecule has 0 aliphatic heterocycles. The zero-order valence-corrected chi connectivity index (χ0v) is 11.7. The molecule has 0 radical (unpaired) electrons. The number of phenolic OH excluding ortho intramolecular Hbond substituents is 1. The monoisotopic (exact) mass is 295 g/mol. The summed E-state index contributed by atoms with van der Waals surface area (Å²) in [5.41, 5.74) is 2.11. The van der Waals surface area contributed by atoms with Crippen molar-refractivity contribution in [2.75, 3.05) is 7.11 Å². The zero-order valence-electron chi connectivity index (χ0n) is 11.7. The molecule has 22 heavy (non-hydrogen) atoms. The molecular formula is C17H13NO4. The van der Waals surface area contributed by atoms with Crippen molar-refractivity contribution in [2.45, 2.75) is 5.92 Å². The third kappa shape index (κ3) is 1.45. The molecule has 1 aromatic heterocycles. The fourth-order valence-electron chi connectivity index (χ4n) is 3.28. The van der Waals surface area contributed by atoms with Crippen molar-refractivity contribution >= 4 is 16.3 Å². The van der Waals surface area contributed by atoms with E-state index in [1.54, 1.807) is 24.4 Å². The van der Waals surface area contributed by atoms with Crippen LogP contribution in [-0.2, 0) is 0 Å². The molecule has 3 N–H and O–H groups in total. The Morgan fingerprint density at radius 1 is 1.23 bits per heavy atom.